The first-order chi connectivity index (χ1) is 13.3. The van der Waals surface area contributed by atoms with Crippen molar-refractivity contribution < 1.29 is 4.92 Å². The molecule has 0 heterocycles. The molecule has 1 aliphatic carbocycles. The summed E-state index contributed by atoms with van der Waals surface area (Å²) in [6, 6.07) is 29.1. The molecule has 0 amide bonds. The van der Waals surface area contributed by atoms with Gasteiger partial charge in [-0.2, -0.15) is 0 Å². The van der Waals surface area contributed by atoms with Gasteiger partial charge in [-0.1, -0.05) is 103 Å². The number of rotatable bonds is 4. The maximum atomic E-state index is 12.3. The normalized spacial score (nSPS) is 24.4. The number of nitro groups is 1. The molecule has 3 aromatic carbocycles. The highest BCUT2D eigenvalue weighted by molar-refractivity contribution is 5.39. The molecule has 0 spiro atoms. The van der Waals surface area contributed by atoms with Gasteiger partial charge in [-0.15, -0.1) is 0 Å². The molecule has 4 rings (SSSR count). The molecule has 0 saturated carbocycles. The van der Waals surface area contributed by atoms with E-state index in [-0.39, 0.29) is 22.7 Å². The second-order valence-corrected chi connectivity index (χ2v) is 6.97. The van der Waals surface area contributed by atoms with Crippen LogP contribution in [0.3, 0.4) is 0 Å². The van der Waals surface area contributed by atoms with Crippen molar-refractivity contribution in [2.24, 2.45) is 0 Å². The Kier molecular flexibility index (Phi) is 4.84. The van der Waals surface area contributed by atoms with Gasteiger partial charge < -0.3 is 0 Å². The van der Waals surface area contributed by atoms with E-state index in [0.29, 0.717) is 0 Å². The van der Waals surface area contributed by atoms with E-state index < -0.39 is 6.04 Å². The lowest BCUT2D eigenvalue weighted by molar-refractivity contribution is -0.530. The second-order valence-electron chi connectivity index (χ2n) is 6.97. The van der Waals surface area contributed by atoms with Gasteiger partial charge in [-0.3, -0.25) is 10.1 Å². The summed E-state index contributed by atoms with van der Waals surface area (Å²) in [4.78, 5) is 12.2. The average Bonchev–Trinajstić information content (AvgIpc) is 2.74. The third-order valence-electron chi connectivity index (χ3n) is 5.45. The molecule has 3 nitrogen and oxygen atoms in total. The second kappa shape index (κ2) is 7.58. The van der Waals surface area contributed by atoms with E-state index in [0.717, 1.165) is 16.7 Å². The fourth-order valence-electron chi connectivity index (χ4n) is 4.23. The van der Waals surface area contributed by atoms with Gasteiger partial charge in [0.15, 0.2) is 0 Å². The summed E-state index contributed by atoms with van der Waals surface area (Å²) < 4.78 is 0. The number of hydrogen-bond donors (Lipinski definition) is 0. The van der Waals surface area contributed by atoms with Gasteiger partial charge in [0.25, 0.3) is 0 Å². The van der Waals surface area contributed by atoms with Crippen LogP contribution in [0.5, 0.6) is 0 Å². The predicted molar refractivity (Wildman–Crippen MR) is 107 cm³/mol. The van der Waals surface area contributed by atoms with E-state index in [9.17, 15) is 10.1 Å². The minimum atomic E-state index is -0.718. The Morgan fingerprint density at radius 2 is 1.00 bits per heavy atom. The monoisotopic (exact) mass is 355 g/mol. The van der Waals surface area contributed by atoms with E-state index in [1.165, 1.54) is 0 Å². The molecule has 1 aliphatic rings. The third-order valence-corrected chi connectivity index (χ3v) is 5.45. The summed E-state index contributed by atoms with van der Waals surface area (Å²) in [5.41, 5.74) is 3.11. The Hall–Kier alpha value is -3.20. The molecule has 3 aromatic rings. The molecule has 0 N–H and O–H groups in total. The van der Waals surface area contributed by atoms with E-state index in [2.05, 4.69) is 18.2 Å². The van der Waals surface area contributed by atoms with Crippen LogP contribution in [-0.4, -0.2) is 11.0 Å². The van der Waals surface area contributed by atoms with Gasteiger partial charge in [0.05, 0.1) is 11.8 Å². The molecule has 0 radical (unpaired) electrons. The van der Waals surface area contributed by atoms with Crippen LogP contribution in [0.2, 0.25) is 0 Å². The van der Waals surface area contributed by atoms with Crippen LogP contribution in [0.25, 0.3) is 0 Å². The molecule has 0 aliphatic heterocycles. The predicted octanol–water partition coefficient (Wildman–Crippen LogP) is 5.55. The molecule has 0 saturated heterocycles. The lowest BCUT2D eigenvalue weighted by atomic mass is 9.68. The lowest BCUT2D eigenvalue weighted by Crippen LogP contribution is -2.38. The molecular formula is C24H21NO2. The van der Waals surface area contributed by atoms with Crippen LogP contribution >= 0.6 is 0 Å². The van der Waals surface area contributed by atoms with Crippen molar-refractivity contribution in [3.05, 3.63) is 130 Å². The highest BCUT2D eigenvalue weighted by Crippen LogP contribution is 2.46. The van der Waals surface area contributed by atoms with Gasteiger partial charge in [0, 0.05) is 10.8 Å². The van der Waals surface area contributed by atoms with E-state index in [4.69, 9.17) is 0 Å². The Morgan fingerprint density at radius 3 is 1.48 bits per heavy atom. The van der Waals surface area contributed by atoms with Crippen molar-refractivity contribution in [2.75, 3.05) is 0 Å². The molecule has 3 heteroatoms. The van der Waals surface area contributed by atoms with Crippen LogP contribution < -0.4 is 0 Å². The first-order valence-corrected chi connectivity index (χ1v) is 9.22. The molecule has 4 atom stereocenters. The van der Waals surface area contributed by atoms with Gasteiger partial charge in [0.2, 0.25) is 6.04 Å². The van der Waals surface area contributed by atoms with Crippen molar-refractivity contribution in [3.8, 4) is 0 Å². The SMILES string of the molecule is O=[N+]([O-])[C@H]1[C@H](c2ccccc2)[C@@H](c2ccccc2)C=C[C@H]1c1ccccc1. The molecular weight excluding hydrogens is 334 g/mol. The van der Waals surface area contributed by atoms with E-state index in [1.807, 2.05) is 84.9 Å². The van der Waals surface area contributed by atoms with Crippen molar-refractivity contribution in [2.45, 2.75) is 23.8 Å². The lowest BCUT2D eigenvalue weighted by Gasteiger charge is -2.35. The summed E-state index contributed by atoms with van der Waals surface area (Å²) in [5.74, 6) is -0.492. The molecule has 0 unspecified atom stereocenters. The zero-order chi connectivity index (χ0) is 18.6. The van der Waals surface area contributed by atoms with Crippen LogP contribution in [-0.2, 0) is 0 Å². The fraction of sp³-hybridized carbons (Fsp3) is 0.167. The molecule has 0 fully saturated rings. The van der Waals surface area contributed by atoms with Gasteiger partial charge in [0.1, 0.15) is 0 Å². The van der Waals surface area contributed by atoms with E-state index in [1.54, 1.807) is 0 Å². The van der Waals surface area contributed by atoms with Gasteiger partial charge in [-0.25, -0.2) is 0 Å². The summed E-state index contributed by atoms with van der Waals surface area (Å²) in [6.07, 6.45) is 4.19. The minimum Gasteiger partial charge on any atom is -0.264 e. The molecule has 0 bridgehead atoms. The largest absolute Gasteiger partial charge is 0.264 e. The molecule has 27 heavy (non-hydrogen) atoms. The summed E-state index contributed by atoms with van der Waals surface area (Å²) >= 11 is 0. The average molecular weight is 355 g/mol. The summed E-state index contributed by atoms with van der Waals surface area (Å²) in [7, 11) is 0. The molecule has 134 valence electrons. The Morgan fingerprint density at radius 1 is 0.593 bits per heavy atom. The maximum Gasteiger partial charge on any atom is 0.230 e. The number of hydrogen-bond acceptors (Lipinski definition) is 2. The minimum absolute atomic E-state index is 0.0241. The Bertz CT molecular complexity index is 922. The maximum absolute atomic E-state index is 12.3. The smallest absolute Gasteiger partial charge is 0.230 e. The number of nitrogens with zero attached hydrogens (tertiary/aromatic N) is 1. The van der Waals surface area contributed by atoms with E-state index >= 15 is 0 Å². The first-order valence-electron chi connectivity index (χ1n) is 9.22. The summed E-state index contributed by atoms with van der Waals surface area (Å²) in [6.45, 7) is 0. The van der Waals surface area contributed by atoms with Crippen LogP contribution in [0.15, 0.2) is 103 Å². The zero-order valence-corrected chi connectivity index (χ0v) is 14.9. The van der Waals surface area contributed by atoms with Crippen LogP contribution in [0.4, 0.5) is 0 Å². The Labute approximate surface area is 159 Å². The standard InChI is InChI=1S/C24H21NO2/c26-25(27)24-22(19-12-6-2-7-13-19)17-16-21(18-10-4-1-5-11-18)23(24)20-14-8-3-9-15-20/h1-17,21-24H/t21-,22+,23-,24-/m1/s1. The highest BCUT2D eigenvalue weighted by atomic mass is 16.6. The zero-order valence-electron chi connectivity index (χ0n) is 14.9. The molecule has 0 aromatic heterocycles. The number of allylic oxidation sites excluding steroid dienone is 1. The van der Waals surface area contributed by atoms with Gasteiger partial charge in [-0.05, 0) is 16.7 Å². The third kappa shape index (κ3) is 3.41. The highest BCUT2D eigenvalue weighted by Gasteiger charge is 2.46. The van der Waals surface area contributed by atoms with Crippen LogP contribution in [0, 0.1) is 10.1 Å². The van der Waals surface area contributed by atoms with Gasteiger partial charge >= 0.3 is 0 Å². The quantitative estimate of drug-likeness (QED) is 0.350. The first kappa shape index (κ1) is 17.2. The van der Waals surface area contributed by atoms with Crippen molar-refractivity contribution in [1.29, 1.82) is 0 Å². The topological polar surface area (TPSA) is 43.1 Å². The fourth-order valence-corrected chi connectivity index (χ4v) is 4.23. The van der Waals surface area contributed by atoms with Crippen molar-refractivity contribution >= 4 is 0 Å². The van der Waals surface area contributed by atoms with Crippen molar-refractivity contribution in [3.63, 3.8) is 0 Å². The Balaban J connectivity index is 1.87. The number of benzene rings is 3. The summed E-state index contributed by atoms with van der Waals surface area (Å²) in [5, 5.41) is 12.3. The van der Waals surface area contributed by atoms with Crippen molar-refractivity contribution in [1.82, 2.24) is 0 Å². The van der Waals surface area contributed by atoms with Crippen LogP contribution in [0.1, 0.15) is 34.4 Å².